The van der Waals surface area contributed by atoms with E-state index in [1.807, 2.05) is 0 Å². The van der Waals surface area contributed by atoms with Gasteiger partial charge in [-0.3, -0.25) is 9.59 Å². The van der Waals surface area contributed by atoms with Gasteiger partial charge in [0.25, 0.3) is 0 Å². The Morgan fingerprint density at radius 2 is 2.20 bits per heavy atom. The van der Waals surface area contributed by atoms with Gasteiger partial charge in [-0.05, 0) is 13.3 Å². The van der Waals surface area contributed by atoms with Crippen LogP contribution in [0.15, 0.2) is 0 Å². The molecule has 0 saturated carbocycles. The fraction of sp³-hybridized carbons (Fsp3) is 0.778. The van der Waals surface area contributed by atoms with Gasteiger partial charge in [-0.25, -0.2) is 0 Å². The van der Waals surface area contributed by atoms with Gasteiger partial charge in [-0.15, -0.1) is 0 Å². The van der Waals surface area contributed by atoms with Gasteiger partial charge in [-0.1, -0.05) is 0 Å². The molecule has 0 aliphatic carbocycles. The normalized spacial score (nSPS) is 21.3. The first kappa shape index (κ1) is 11.9. The molecule has 1 atom stereocenters. The Morgan fingerprint density at radius 1 is 1.60 bits per heavy atom. The molecular formula is C9H16N2O4. The van der Waals surface area contributed by atoms with Gasteiger partial charge in [0.2, 0.25) is 11.8 Å². The molecule has 0 spiro atoms. The molecule has 0 aromatic carbocycles. The minimum Gasteiger partial charge on any atom is -0.394 e. The fourth-order valence-corrected chi connectivity index (χ4v) is 1.32. The van der Waals surface area contributed by atoms with Crippen molar-refractivity contribution in [3.8, 4) is 0 Å². The minimum atomic E-state index is -1.04. The standard InChI is InChI=1S/C9H16N2O4/c1-9(4-12,5-13)11-8(15)6-2-3-7(14)10-6/h6,12-13H,2-5H2,1H3,(H,10,14)(H,11,15)/t6-/m0/s1. The summed E-state index contributed by atoms with van der Waals surface area (Å²) in [6.07, 6.45) is 0.796. The van der Waals surface area contributed by atoms with Crippen LogP contribution in [-0.4, -0.2) is 46.8 Å². The van der Waals surface area contributed by atoms with Crippen LogP contribution in [0.4, 0.5) is 0 Å². The van der Waals surface area contributed by atoms with Gasteiger partial charge in [-0.2, -0.15) is 0 Å². The van der Waals surface area contributed by atoms with E-state index in [1.54, 1.807) is 0 Å². The lowest BCUT2D eigenvalue weighted by Crippen LogP contribution is -2.56. The third-order valence-corrected chi connectivity index (χ3v) is 2.43. The molecule has 1 aliphatic rings. The number of carbonyl (C=O) groups is 2. The molecule has 0 unspecified atom stereocenters. The number of amides is 2. The van der Waals surface area contributed by atoms with Crippen LogP contribution >= 0.6 is 0 Å². The SMILES string of the molecule is CC(CO)(CO)NC(=O)[C@@H]1CCC(=O)N1. The summed E-state index contributed by atoms with van der Waals surface area (Å²) in [6.45, 7) is 0.827. The van der Waals surface area contributed by atoms with Gasteiger partial charge < -0.3 is 20.8 Å². The van der Waals surface area contributed by atoms with Gasteiger partial charge >= 0.3 is 0 Å². The Hall–Kier alpha value is -1.14. The summed E-state index contributed by atoms with van der Waals surface area (Å²) in [4.78, 5) is 22.4. The predicted octanol–water partition coefficient (Wildman–Crippen LogP) is -1.88. The van der Waals surface area contributed by atoms with E-state index in [0.29, 0.717) is 12.8 Å². The van der Waals surface area contributed by atoms with Crippen molar-refractivity contribution < 1.29 is 19.8 Å². The van der Waals surface area contributed by atoms with Crippen molar-refractivity contribution in [1.29, 1.82) is 0 Å². The maximum Gasteiger partial charge on any atom is 0.243 e. The maximum atomic E-state index is 11.6. The lowest BCUT2D eigenvalue weighted by Gasteiger charge is -2.27. The van der Waals surface area contributed by atoms with E-state index in [1.165, 1.54) is 6.92 Å². The second-order valence-electron chi connectivity index (χ2n) is 4.02. The van der Waals surface area contributed by atoms with E-state index in [-0.39, 0.29) is 25.0 Å². The molecule has 0 aromatic rings. The zero-order valence-corrected chi connectivity index (χ0v) is 8.62. The van der Waals surface area contributed by atoms with Crippen molar-refractivity contribution in [1.82, 2.24) is 10.6 Å². The molecule has 1 aliphatic heterocycles. The van der Waals surface area contributed by atoms with Crippen LogP contribution in [0.5, 0.6) is 0 Å². The van der Waals surface area contributed by atoms with E-state index in [4.69, 9.17) is 10.2 Å². The monoisotopic (exact) mass is 216 g/mol. The highest BCUT2D eigenvalue weighted by Crippen LogP contribution is 2.09. The third-order valence-electron chi connectivity index (χ3n) is 2.43. The van der Waals surface area contributed by atoms with E-state index in [0.717, 1.165) is 0 Å². The molecule has 0 radical (unpaired) electrons. The number of hydrogen-bond acceptors (Lipinski definition) is 4. The summed E-state index contributed by atoms with van der Waals surface area (Å²) in [7, 11) is 0. The lowest BCUT2D eigenvalue weighted by atomic mass is 10.0. The van der Waals surface area contributed by atoms with Crippen molar-refractivity contribution in [3.05, 3.63) is 0 Å². The van der Waals surface area contributed by atoms with Gasteiger partial charge in [0.15, 0.2) is 0 Å². The topological polar surface area (TPSA) is 98.7 Å². The van der Waals surface area contributed by atoms with Crippen LogP contribution in [0.25, 0.3) is 0 Å². The smallest absolute Gasteiger partial charge is 0.243 e. The Morgan fingerprint density at radius 3 is 2.60 bits per heavy atom. The summed E-state index contributed by atoms with van der Waals surface area (Å²) >= 11 is 0. The summed E-state index contributed by atoms with van der Waals surface area (Å²) in [5, 5.41) is 22.9. The molecule has 1 saturated heterocycles. The molecule has 86 valence electrons. The number of nitrogens with one attached hydrogen (secondary N) is 2. The Kier molecular flexibility index (Phi) is 3.65. The van der Waals surface area contributed by atoms with Crippen LogP contribution < -0.4 is 10.6 Å². The van der Waals surface area contributed by atoms with Gasteiger partial charge in [0, 0.05) is 6.42 Å². The fourth-order valence-electron chi connectivity index (χ4n) is 1.32. The van der Waals surface area contributed by atoms with E-state index in [9.17, 15) is 9.59 Å². The van der Waals surface area contributed by atoms with Crippen molar-refractivity contribution in [2.24, 2.45) is 0 Å². The van der Waals surface area contributed by atoms with Crippen LogP contribution in [-0.2, 0) is 9.59 Å². The molecule has 0 aromatic heterocycles. The van der Waals surface area contributed by atoms with E-state index in [2.05, 4.69) is 10.6 Å². The highest BCUT2D eigenvalue weighted by atomic mass is 16.3. The summed E-state index contributed by atoms with van der Waals surface area (Å²) in [5.41, 5.74) is -1.04. The maximum absolute atomic E-state index is 11.6. The van der Waals surface area contributed by atoms with E-state index < -0.39 is 11.6 Å². The second-order valence-corrected chi connectivity index (χ2v) is 4.02. The molecule has 1 heterocycles. The van der Waals surface area contributed by atoms with Crippen LogP contribution in [0, 0.1) is 0 Å². The van der Waals surface area contributed by atoms with Crippen molar-refractivity contribution in [2.45, 2.75) is 31.3 Å². The predicted molar refractivity (Wildman–Crippen MR) is 51.9 cm³/mol. The quantitative estimate of drug-likeness (QED) is 0.442. The van der Waals surface area contributed by atoms with Crippen LogP contribution in [0.2, 0.25) is 0 Å². The molecule has 1 fully saturated rings. The minimum absolute atomic E-state index is 0.148. The summed E-state index contributed by atoms with van der Waals surface area (Å²) < 4.78 is 0. The molecular weight excluding hydrogens is 200 g/mol. The second kappa shape index (κ2) is 4.59. The Bertz CT molecular complexity index is 263. The first-order valence-corrected chi connectivity index (χ1v) is 4.84. The third kappa shape index (κ3) is 2.90. The number of rotatable bonds is 4. The van der Waals surface area contributed by atoms with Crippen LogP contribution in [0.3, 0.4) is 0 Å². The zero-order chi connectivity index (χ0) is 11.5. The first-order chi connectivity index (χ1) is 7.00. The zero-order valence-electron chi connectivity index (χ0n) is 8.62. The molecule has 2 amide bonds. The molecule has 4 N–H and O–H groups in total. The number of carbonyl (C=O) groups excluding carboxylic acids is 2. The highest BCUT2D eigenvalue weighted by Gasteiger charge is 2.32. The van der Waals surface area contributed by atoms with Gasteiger partial charge in [0.05, 0.1) is 18.8 Å². The van der Waals surface area contributed by atoms with Crippen molar-refractivity contribution >= 4 is 11.8 Å². The van der Waals surface area contributed by atoms with E-state index >= 15 is 0 Å². The van der Waals surface area contributed by atoms with Crippen molar-refractivity contribution in [2.75, 3.05) is 13.2 Å². The number of aliphatic hydroxyl groups excluding tert-OH is 2. The van der Waals surface area contributed by atoms with Gasteiger partial charge in [0.1, 0.15) is 6.04 Å². The molecule has 15 heavy (non-hydrogen) atoms. The summed E-state index contributed by atoms with van der Waals surface area (Å²) in [5.74, 6) is -0.517. The highest BCUT2D eigenvalue weighted by molar-refractivity contribution is 5.91. The molecule has 6 heteroatoms. The average Bonchev–Trinajstić information content (AvgIpc) is 2.65. The Labute approximate surface area is 87.7 Å². The van der Waals surface area contributed by atoms with Crippen molar-refractivity contribution in [3.63, 3.8) is 0 Å². The Balaban J connectivity index is 2.51. The molecule has 1 rings (SSSR count). The number of hydrogen-bond donors (Lipinski definition) is 4. The van der Waals surface area contributed by atoms with Crippen LogP contribution in [0.1, 0.15) is 19.8 Å². The first-order valence-electron chi connectivity index (χ1n) is 4.84. The average molecular weight is 216 g/mol. The molecule has 0 bridgehead atoms. The lowest BCUT2D eigenvalue weighted by molar-refractivity contribution is -0.128. The largest absolute Gasteiger partial charge is 0.394 e. The number of aliphatic hydroxyl groups is 2. The molecule has 6 nitrogen and oxygen atoms in total. The summed E-state index contributed by atoms with van der Waals surface area (Å²) in [6, 6.07) is -0.546.